The maximum absolute atomic E-state index is 11.5. The van der Waals surface area contributed by atoms with Crippen molar-refractivity contribution in [1.29, 1.82) is 0 Å². The van der Waals surface area contributed by atoms with Crippen LogP contribution in [0.25, 0.3) is 0 Å². The molecule has 94 valence electrons. The first-order chi connectivity index (χ1) is 8.00. The second kappa shape index (κ2) is 6.03. The number of carbonyl (C=O) groups excluding carboxylic acids is 1. The summed E-state index contributed by atoms with van der Waals surface area (Å²) in [5.74, 6) is 1.40. The molecule has 1 aromatic heterocycles. The summed E-state index contributed by atoms with van der Waals surface area (Å²) in [4.78, 5) is 19.3. The molecule has 0 saturated carbocycles. The summed E-state index contributed by atoms with van der Waals surface area (Å²) < 4.78 is 0. The van der Waals surface area contributed by atoms with Gasteiger partial charge in [0.1, 0.15) is 18.0 Å². The second-order valence-corrected chi connectivity index (χ2v) is 4.28. The molecule has 1 aromatic rings. The van der Waals surface area contributed by atoms with Crippen LogP contribution in [-0.4, -0.2) is 29.0 Å². The minimum atomic E-state index is -0.0599. The summed E-state index contributed by atoms with van der Waals surface area (Å²) >= 11 is 0. The lowest BCUT2D eigenvalue weighted by Gasteiger charge is -2.10. The molecule has 6 nitrogen and oxygen atoms in total. The zero-order chi connectivity index (χ0) is 12.8. The van der Waals surface area contributed by atoms with E-state index in [9.17, 15) is 4.79 Å². The summed E-state index contributed by atoms with van der Waals surface area (Å²) in [5, 5.41) is 5.74. The molecule has 4 N–H and O–H groups in total. The van der Waals surface area contributed by atoms with Crippen LogP contribution in [0.1, 0.15) is 19.4 Å². The summed E-state index contributed by atoms with van der Waals surface area (Å²) in [6.07, 6.45) is 1.37. The highest BCUT2D eigenvalue weighted by Gasteiger charge is 2.06. The minimum Gasteiger partial charge on any atom is -0.383 e. The lowest BCUT2D eigenvalue weighted by Crippen LogP contribution is -2.32. The number of carbonyl (C=O) groups is 1. The number of nitrogen functional groups attached to an aromatic ring is 1. The van der Waals surface area contributed by atoms with E-state index in [4.69, 9.17) is 5.73 Å². The fraction of sp³-hybridized carbons (Fsp3) is 0.545. The van der Waals surface area contributed by atoms with Gasteiger partial charge in [-0.2, -0.15) is 0 Å². The number of rotatable bonds is 5. The quantitative estimate of drug-likeness (QED) is 0.695. The largest absolute Gasteiger partial charge is 0.383 e. The van der Waals surface area contributed by atoms with Gasteiger partial charge in [-0.3, -0.25) is 4.79 Å². The smallest absolute Gasteiger partial charge is 0.239 e. The number of aromatic nitrogens is 2. The number of anilines is 2. The molecule has 6 heteroatoms. The van der Waals surface area contributed by atoms with Gasteiger partial charge >= 0.3 is 0 Å². The van der Waals surface area contributed by atoms with Crippen molar-refractivity contribution in [2.24, 2.45) is 5.92 Å². The van der Waals surface area contributed by atoms with Crippen molar-refractivity contribution in [3.63, 3.8) is 0 Å². The Morgan fingerprint density at radius 3 is 2.82 bits per heavy atom. The van der Waals surface area contributed by atoms with Crippen LogP contribution in [0, 0.1) is 12.8 Å². The first-order valence-electron chi connectivity index (χ1n) is 5.58. The Bertz CT molecular complexity index is 391. The van der Waals surface area contributed by atoms with Crippen molar-refractivity contribution in [3.8, 4) is 0 Å². The standard InChI is InChI=1S/C11H19N5O/c1-7(2)4-13-9(17)5-14-11-8(3)10(12)15-6-16-11/h6-7H,4-5H2,1-3H3,(H,13,17)(H3,12,14,15,16). The molecule has 0 fully saturated rings. The van der Waals surface area contributed by atoms with E-state index in [0.29, 0.717) is 24.1 Å². The molecule has 0 radical (unpaired) electrons. The lowest BCUT2D eigenvalue weighted by atomic mass is 10.2. The number of amides is 1. The molecule has 0 bridgehead atoms. The number of nitrogens with zero attached hydrogens (tertiary/aromatic N) is 2. The van der Waals surface area contributed by atoms with Gasteiger partial charge in [-0.15, -0.1) is 0 Å². The van der Waals surface area contributed by atoms with Gasteiger partial charge in [0.25, 0.3) is 0 Å². The molecule has 0 aliphatic heterocycles. The van der Waals surface area contributed by atoms with Crippen LogP contribution < -0.4 is 16.4 Å². The van der Waals surface area contributed by atoms with E-state index in [1.165, 1.54) is 6.33 Å². The van der Waals surface area contributed by atoms with Gasteiger partial charge in [0, 0.05) is 12.1 Å². The van der Waals surface area contributed by atoms with Gasteiger partial charge in [0.05, 0.1) is 6.54 Å². The molecule has 0 aliphatic rings. The molecule has 0 unspecified atom stereocenters. The van der Waals surface area contributed by atoms with Crippen molar-refractivity contribution in [2.45, 2.75) is 20.8 Å². The molecule has 0 saturated heterocycles. The lowest BCUT2D eigenvalue weighted by molar-refractivity contribution is -0.119. The molecule has 1 amide bonds. The summed E-state index contributed by atoms with van der Waals surface area (Å²) in [6, 6.07) is 0. The van der Waals surface area contributed by atoms with Crippen LogP contribution in [0.4, 0.5) is 11.6 Å². The van der Waals surface area contributed by atoms with Crippen LogP contribution in [0.2, 0.25) is 0 Å². The van der Waals surface area contributed by atoms with Crippen molar-refractivity contribution in [2.75, 3.05) is 24.1 Å². The Morgan fingerprint density at radius 1 is 1.47 bits per heavy atom. The van der Waals surface area contributed by atoms with Gasteiger partial charge in [-0.25, -0.2) is 9.97 Å². The third-order valence-electron chi connectivity index (χ3n) is 2.25. The van der Waals surface area contributed by atoms with E-state index < -0.39 is 0 Å². The zero-order valence-corrected chi connectivity index (χ0v) is 10.4. The number of hydrogen-bond acceptors (Lipinski definition) is 5. The fourth-order valence-electron chi connectivity index (χ4n) is 1.19. The van der Waals surface area contributed by atoms with Gasteiger partial charge in [-0.05, 0) is 12.8 Å². The van der Waals surface area contributed by atoms with E-state index in [1.54, 1.807) is 0 Å². The maximum atomic E-state index is 11.5. The third-order valence-corrected chi connectivity index (χ3v) is 2.25. The van der Waals surface area contributed by atoms with E-state index in [0.717, 1.165) is 5.56 Å². The Kier molecular flexibility index (Phi) is 4.68. The zero-order valence-electron chi connectivity index (χ0n) is 10.4. The normalized spacial score (nSPS) is 10.4. The van der Waals surface area contributed by atoms with E-state index >= 15 is 0 Å². The van der Waals surface area contributed by atoms with Crippen molar-refractivity contribution >= 4 is 17.5 Å². The van der Waals surface area contributed by atoms with Gasteiger partial charge in [0.15, 0.2) is 0 Å². The Balaban J connectivity index is 2.45. The Morgan fingerprint density at radius 2 is 2.18 bits per heavy atom. The second-order valence-electron chi connectivity index (χ2n) is 4.28. The summed E-state index contributed by atoms with van der Waals surface area (Å²) in [6.45, 7) is 6.76. The SMILES string of the molecule is Cc1c(N)ncnc1NCC(=O)NCC(C)C. The monoisotopic (exact) mass is 237 g/mol. The summed E-state index contributed by atoms with van der Waals surface area (Å²) in [5.41, 5.74) is 6.39. The predicted octanol–water partition coefficient (Wildman–Crippen LogP) is 0.551. The van der Waals surface area contributed by atoms with Crippen LogP contribution in [-0.2, 0) is 4.79 Å². The fourth-order valence-corrected chi connectivity index (χ4v) is 1.19. The highest BCUT2D eigenvalue weighted by molar-refractivity contribution is 5.80. The highest BCUT2D eigenvalue weighted by Crippen LogP contribution is 2.14. The van der Waals surface area contributed by atoms with Crippen molar-refractivity contribution < 1.29 is 4.79 Å². The van der Waals surface area contributed by atoms with Gasteiger partial charge < -0.3 is 16.4 Å². The van der Waals surface area contributed by atoms with E-state index in [-0.39, 0.29) is 12.5 Å². The topological polar surface area (TPSA) is 92.9 Å². The molecule has 0 spiro atoms. The highest BCUT2D eigenvalue weighted by atomic mass is 16.1. The molecular weight excluding hydrogens is 218 g/mol. The first-order valence-corrected chi connectivity index (χ1v) is 5.58. The van der Waals surface area contributed by atoms with Crippen molar-refractivity contribution in [3.05, 3.63) is 11.9 Å². The Hall–Kier alpha value is -1.85. The van der Waals surface area contributed by atoms with E-state index in [1.807, 2.05) is 20.8 Å². The van der Waals surface area contributed by atoms with Crippen LogP contribution in [0.15, 0.2) is 6.33 Å². The average molecular weight is 237 g/mol. The predicted molar refractivity (Wildman–Crippen MR) is 67.5 cm³/mol. The maximum Gasteiger partial charge on any atom is 0.239 e. The van der Waals surface area contributed by atoms with Crippen LogP contribution in [0.5, 0.6) is 0 Å². The van der Waals surface area contributed by atoms with Crippen LogP contribution >= 0.6 is 0 Å². The molecule has 0 atom stereocenters. The minimum absolute atomic E-state index is 0.0599. The average Bonchev–Trinajstić information content (AvgIpc) is 2.28. The number of hydrogen-bond donors (Lipinski definition) is 3. The van der Waals surface area contributed by atoms with E-state index in [2.05, 4.69) is 20.6 Å². The molecule has 17 heavy (non-hydrogen) atoms. The first kappa shape index (κ1) is 13.2. The summed E-state index contributed by atoms with van der Waals surface area (Å²) in [7, 11) is 0. The molecular formula is C11H19N5O. The van der Waals surface area contributed by atoms with Crippen LogP contribution in [0.3, 0.4) is 0 Å². The van der Waals surface area contributed by atoms with Crippen molar-refractivity contribution in [1.82, 2.24) is 15.3 Å². The Labute approximate surface area is 101 Å². The molecule has 0 aromatic carbocycles. The molecule has 0 aliphatic carbocycles. The van der Waals surface area contributed by atoms with Gasteiger partial charge in [0.2, 0.25) is 5.91 Å². The van der Waals surface area contributed by atoms with Gasteiger partial charge in [-0.1, -0.05) is 13.8 Å². The molecule has 1 rings (SSSR count). The number of nitrogens with one attached hydrogen (secondary N) is 2. The number of nitrogens with two attached hydrogens (primary N) is 1. The third kappa shape index (κ3) is 4.26. The molecule has 1 heterocycles.